The topological polar surface area (TPSA) is 72.7 Å². The Kier molecular flexibility index (Phi) is 4.60. The summed E-state index contributed by atoms with van der Waals surface area (Å²) in [6.45, 7) is 0. The van der Waals surface area contributed by atoms with Crippen LogP contribution in [0.4, 0.5) is 23.2 Å². The van der Waals surface area contributed by atoms with Crippen LogP contribution in [0.5, 0.6) is 0 Å². The summed E-state index contributed by atoms with van der Waals surface area (Å²) >= 11 is 5.68. The summed E-state index contributed by atoms with van der Waals surface area (Å²) < 4.78 is 52.2. The standard InChI is InChI=1S/C15H8ClF4N5O/c16-14-23-13(15(18,19)20)24-25(14)9-3-1-8(2-4-9)22-12(26)10-5-6-21-7-11(10)17/h1-7H,(H,22,26). The number of halogens is 5. The van der Waals surface area contributed by atoms with E-state index in [4.69, 9.17) is 11.6 Å². The number of hydrogen-bond donors (Lipinski definition) is 1. The molecule has 26 heavy (non-hydrogen) atoms. The largest absolute Gasteiger partial charge is 0.453 e. The highest BCUT2D eigenvalue weighted by atomic mass is 35.5. The molecule has 0 unspecified atom stereocenters. The SMILES string of the molecule is O=C(Nc1ccc(-n2nc(C(F)(F)F)nc2Cl)cc1)c1ccncc1F. The van der Waals surface area contributed by atoms with Gasteiger partial charge in [-0.1, -0.05) is 0 Å². The molecule has 1 amide bonds. The first kappa shape index (κ1) is 17.8. The van der Waals surface area contributed by atoms with Gasteiger partial charge in [0.1, 0.15) is 0 Å². The third kappa shape index (κ3) is 3.64. The molecule has 0 fully saturated rings. The van der Waals surface area contributed by atoms with Crippen LogP contribution in [0, 0.1) is 5.82 Å². The minimum atomic E-state index is -4.72. The molecule has 0 spiro atoms. The Labute approximate surface area is 148 Å². The maximum absolute atomic E-state index is 13.5. The molecule has 0 radical (unpaired) electrons. The third-order valence-corrected chi connectivity index (χ3v) is 3.45. The fraction of sp³-hybridized carbons (Fsp3) is 0.0667. The highest BCUT2D eigenvalue weighted by Gasteiger charge is 2.37. The number of carbonyl (C=O) groups is 1. The number of nitrogens with one attached hydrogen (secondary N) is 1. The minimum Gasteiger partial charge on any atom is -0.322 e. The Balaban J connectivity index is 1.80. The molecule has 3 rings (SSSR count). The third-order valence-electron chi connectivity index (χ3n) is 3.21. The minimum absolute atomic E-state index is 0.196. The molecule has 0 aliphatic rings. The van der Waals surface area contributed by atoms with Gasteiger partial charge in [-0.05, 0) is 41.9 Å². The van der Waals surface area contributed by atoms with Crippen LogP contribution in [0.2, 0.25) is 5.28 Å². The molecule has 1 N–H and O–H groups in total. The van der Waals surface area contributed by atoms with Gasteiger partial charge < -0.3 is 5.32 Å². The van der Waals surface area contributed by atoms with E-state index in [9.17, 15) is 22.4 Å². The van der Waals surface area contributed by atoms with Crippen molar-refractivity contribution in [3.05, 3.63) is 65.2 Å². The molecule has 2 heterocycles. The summed E-state index contributed by atoms with van der Waals surface area (Å²) in [6.07, 6.45) is -2.55. The number of aromatic nitrogens is 4. The summed E-state index contributed by atoms with van der Waals surface area (Å²) in [6, 6.07) is 6.76. The quantitative estimate of drug-likeness (QED) is 0.697. The van der Waals surface area contributed by atoms with Gasteiger partial charge in [0.05, 0.1) is 17.4 Å². The van der Waals surface area contributed by atoms with Gasteiger partial charge in [0.2, 0.25) is 5.28 Å². The van der Waals surface area contributed by atoms with Crippen molar-refractivity contribution in [2.45, 2.75) is 6.18 Å². The van der Waals surface area contributed by atoms with Crippen molar-refractivity contribution in [1.29, 1.82) is 0 Å². The smallest absolute Gasteiger partial charge is 0.322 e. The van der Waals surface area contributed by atoms with Crippen molar-refractivity contribution in [1.82, 2.24) is 19.7 Å². The van der Waals surface area contributed by atoms with Gasteiger partial charge in [-0.25, -0.2) is 9.07 Å². The van der Waals surface area contributed by atoms with Crippen molar-refractivity contribution in [3.63, 3.8) is 0 Å². The van der Waals surface area contributed by atoms with Crippen LogP contribution < -0.4 is 5.32 Å². The first-order valence-electron chi connectivity index (χ1n) is 6.97. The van der Waals surface area contributed by atoms with Crippen LogP contribution in [0.15, 0.2) is 42.7 Å². The maximum atomic E-state index is 13.5. The molecule has 0 atom stereocenters. The number of benzene rings is 1. The highest BCUT2D eigenvalue weighted by molar-refractivity contribution is 6.28. The first-order chi connectivity index (χ1) is 12.3. The van der Waals surface area contributed by atoms with E-state index in [1.165, 1.54) is 36.5 Å². The van der Waals surface area contributed by atoms with Crippen molar-refractivity contribution < 1.29 is 22.4 Å². The molecule has 0 aliphatic heterocycles. The van der Waals surface area contributed by atoms with Crippen LogP contribution in [-0.4, -0.2) is 25.7 Å². The number of pyridine rings is 1. The van der Waals surface area contributed by atoms with E-state index in [0.717, 1.165) is 10.9 Å². The van der Waals surface area contributed by atoms with E-state index in [1.807, 2.05) is 0 Å². The predicted octanol–water partition coefficient (Wildman–Crippen LogP) is 3.73. The summed E-state index contributed by atoms with van der Waals surface area (Å²) in [4.78, 5) is 18.7. The Morgan fingerprint density at radius 3 is 2.42 bits per heavy atom. The maximum Gasteiger partial charge on any atom is 0.453 e. The van der Waals surface area contributed by atoms with Crippen LogP contribution in [0.1, 0.15) is 16.2 Å². The number of hydrogen-bond acceptors (Lipinski definition) is 4. The Morgan fingerprint density at radius 1 is 1.15 bits per heavy atom. The second-order valence-corrected chi connectivity index (χ2v) is 5.31. The molecule has 2 aromatic heterocycles. The number of nitrogens with zero attached hydrogens (tertiary/aromatic N) is 4. The van der Waals surface area contributed by atoms with Crippen molar-refractivity contribution in [3.8, 4) is 5.69 Å². The van der Waals surface area contributed by atoms with Crippen molar-refractivity contribution in [2.24, 2.45) is 0 Å². The normalized spacial score (nSPS) is 11.4. The predicted molar refractivity (Wildman–Crippen MR) is 83.5 cm³/mol. The van der Waals surface area contributed by atoms with E-state index < -0.39 is 29.0 Å². The average Bonchev–Trinajstić information content (AvgIpc) is 2.98. The lowest BCUT2D eigenvalue weighted by atomic mass is 10.2. The zero-order valence-electron chi connectivity index (χ0n) is 12.6. The summed E-state index contributed by atoms with van der Waals surface area (Å²) in [5.74, 6) is -2.85. The molecular weight excluding hydrogens is 378 g/mol. The number of amides is 1. The zero-order chi connectivity index (χ0) is 18.9. The molecule has 1 aromatic carbocycles. The lowest BCUT2D eigenvalue weighted by Gasteiger charge is -2.07. The molecule has 0 saturated carbocycles. The Bertz CT molecular complexity index is 955. The number of carbonyl (C=O) groups excluding carboxylic acids is 1. The fourth-order valence-electron chi connectivity index (χ4n) is 2.02. The number of rotatable bonds is 3. The summed E-state index contributed by atoms with van der Waals surface area (Å²) in [5, 5.41) is 5.30. The first-order valence-corrected chi connectivity index (χ1v) is 7.34. The summed E-state index contributed by atoms with van der Waals surface area (Å²) in [7, 11) is 0. The van der Waals surface area contributed by atoms with Gasteiger partial charge in [0.25, 0.3) is 11.7 Å². The van der Waals surface area contributed by atoms with Crippen LogP contribution >= 0.6 is 11.6 Å². The van der Waals surface area contributed by atoms with Gasteiger partial charge in [0.15, 0.2) is 5.82 Å². The van der Waals surface area contributed by atoms with E-state index in [-0.39, 0.29) is 11.3 Å². The van der Waals surface area contributed by atoms with Crippen molar-refractivity contribution in [2.75, 3.05) is 5.32 Å². The second kappa shape index (κ2) is 6.71. The van der Waals surface area contributed by atoms with E-state index in [2.05, 4.69) is 20.4 Å². The zero-order valence-corrected chi connectivity index (χ0v) is 13.4. The van der Waals surface area contributed by atoms with Gasteiger partial charge in [-0.3, -0.25) is 9.78 Å². The lowest BCUT2D eigenvalue weighted by molar-refractivity contribution is -0.144. The lowest BCUT2D eigenvalue weighted by Crippen LogP contribution is -2.14. The fourth-order valence-corrected chi connectivity index (χ4v) is 2.24. The highest BCUT2D eigenvalue weighted by Crippen LogP contribution is 2.28. The van der Waals surface area contributed by atoms with E-state index in [0.29, 0.717) is 5.69 Å². The average molecular weight is 386 g/mol. The number of alkyl halides is 3. The van der Waals surface area contributed by atoms with E-state index in [1.54, 1.807) is 0 Å². The van der Waals surface area contributed by atoms with Crippen LogP contribution in [0.25, 0.3) is 5.69 Å². The van der Waals surface area contributed by atoms with Gasteiger partial charge >= 0.3 is 6.18 Å². The number of anilines is 1. The molecule has 0 saturated heterocycles. The summed E-state index contributed by atoms with van der Waals surface area (Å²) in [5.41, 5.74) is 0.298. The van der Waals surface area contributed by atoms with Gasteiger partial charge in [-0.15, -0.1) is 5.10 Å². The van der Waals surface area contributed by atoms with Crippen molar-refractivity contribution >= 4 is 23.2 Å². The van der Waals surface area contributed by atoms with Crippen LogP contribution in [0.3, 0.4) is 0 Å². The Hall–Kier alpha value is -3.01. The van der Waals surface area contributed by atoms with Crippen LogP contribution in [-0.2, 0) is 6.18 Å². The second-order valence-electron chi connectivity index (χ2n) is 4.97. The van der Waals surface area contributed by atoms with Gasteiger partial charge in [0, 0.05) is 11.9 Å². The molecule has 134 valence electrons. The Morgan fingerprint density at radius 2 is 1.85 bits per heavy atom. The monoisotopic (exact) mass is 385 g/mol. The molecule has 11 heteroatoms. The molecule has 0 bridgehead atoms. The molecular formula is C15H8ClF4N5O. The van der Waals surface area contributed by atoms with E-state index >= 15 is 0 Å². The molecule has 6 nitrogen and oxygen atoms in total. The molecule has 0 aliphatic carbocycles. The molecule has 3 aromatic rings. The van der Waals surface area contributed by atoms with Gasteiger partial charge in [-0.2, -0.15) is 18.2 Å².